The summed E-state index contributed by atoms with van der Waals surface area (Å²) in [7, 11) is 3.29. The Labute approximate surface area is 144 Å². The number of ether oxygens (including phenoxy) is 1. The van der Waals surface area contributed by atoms with Crippen molar-refractivity contribution >= 4 is 17.7 Å². The molecule has 0 unspecified atom stereocenters. The summed E-state index contributed by atoms with van der Waals surface area (Å²) >= 11 is 1.19. The van der Waals surface area contributed by atoms with Crippen LogP contribution in [-0.2, 0) is 11.2 Å². The molecule has 1 aromatic heterocycles. The van der Waals surface area contributed by atoms with Crippen molar-refractivity contribution in [1.82, 2.24) is 15.1 Å². The molecule has 0 aliphatic heterocycles. The fraction of sp³-hybridized carbons (Fsp3) is 0.375. The number of hydrogen-bond donors (Lipinski definition) is 0. The lowest BCUT2D eigenvalue weighted by Gasteiger charge is -2.13. The maximum atomic E-state index is 11.9. The second-order valence-corrected chi connectivity index (χ2v) is 5.93. The zero-order valence-corrected chi connectivity index (χ0v) is 14.4. The molecular formula is C16H18N4O3S. The number of carbonyl (C=O) groups excluding carboxylic acids is 1. The molecule has 8 heteroatoms. The minimum Gasteiger partial charge on any atom is -0.497 e. The summed E-state index contributed by atoms with van der Waals surface area (Å²) in [6.45, 7) is 0.419. The molecule has 7 nitrogen and oxygen atoms in total. The molecular weight excluding hydrogens is 328 g/mol. The Morgan fingerprint density at radius 1 is 1.38 bits per heavy atom. The molecule has 126 valence electrons. The van der Waals surface area contributed by atoms with Gasteiger partial charge in [0.25, 0.3) is 5.22 Å². The normalized spacial score (nSPS) is 10.2. The van der Waals surface area contributed by atoms with E-state index in [-0.39, 0.29) is 11.7 Å². The maximum Gasteiger partial charge on any atom is 0.277 e. The molecule has 0 saturated carbocycles. The average molecular weight is 346 g/mol. The Hall–Kier alpha value is -2.53. The van der Waals surface area contributed by atoms with E-state index in [4.69, 9.17) is 14.4 Å². The molecule has 0 aliphatic carbocycles. The van der Waals surface area contributed by atoms with E-state index in [0.29, 0.717) is 30.5 Å². The first-order valence-electron chi connectivity index (χ1n) is 7.31. The molecule has 1 aromatic carbocycles. The van der Waals surface area contributed by atoms with Gasteiger partial charge in [-0.1, -0.05) is 23.9 Å². The minimum atomic E-state index is -0.0786. The number of amides is 1. The van der Waals surface area contributed by atoms with Gasteiger partial charge in [0.15, 0.2) is 0 Å². The van der Waals surface area contributed by atoms with E-state index < -0.39 is 0 Å². The number of methoxy groups -OCH3 is 1. The van der Waals surface area contributed by atoms with Gasteiger partial charge in [-0.2, -0.15) is 5.26 Å². The van der Waals surface area contributed by atoms with Gasteiger partial charge in [0, 0.05) is 13.6 Å². The molecule has 2 aromatic rings. The standard InChI is InChI=1S/C16H18N4O3S/c1-20(9-3-8-17)15(21)11-24-16-19-18-14(23-16)10-12-4-6-13(22-2)7-5-12/h4-7H,3,9-11H2,1-2H3. The van der Waals surface area contributed by atoms with Crippen molar-refractivity contribution in [2.45, 2.75) is 18.1 Å². The summed E-state index contributed by atoms with van der Waals surface area (Å²) in [6.07, 6.45) is 0.840. The first-order valence-corrected chi connectivity index (χ1v) is 8.30. The molecule has 1 heterocycles. The van der Waals surface area contributed by atoms with Crippen LogP contribution in [0.15, 0.2) is 33.9 Å². The quantitative estimate of drug-likeness (QED) is 0.676. The lowest BCUT2D eigenvalue weighted by molar-refractivity contribution is -0.127. The van der Waals surface area contributed by atoms with Crippen LogP contribution in [0.3, 0.4) is 0 Å². The highest BCUT2D eigenvalue weighted by atomic mass is 32.2. The smallest absolute Gasteiger partial charge is 0.277 e. The largest absolute Gasteiger partial charge is 0.497 e. The van der Waals surface area contributed by atoms with Crippen LogP contribution in [0.4, 0.5) is 0 Å². The second kappa shape index (κ2) is 8.93. The SMILES string of the molecule is COc1ccc(Cc2nnc(SCC(=O)N(C)CCC#N)o2)cc1. The van der Waals surface area contributed by atoms with Gasteiger partial charge in [-0.15, -0.1) is 10.2 Å². The predicted octanol–water partition coefficient (Wildman–Crippen LogP) is 2.13. The highest BCUT2D eigenvalue weighted by molar-refractivity contribution is 7.99. The molecule has 0 atom stereocenters. The summed E-state index contributed by atoms with van der Waals surface area (Å²) in [5.41, 5.74) is 1.03. The Balaban J connectivity index is 1.84. The zero-order chi connectivity index (χ0) is 17.4. The molecule has 0 fully saturated rings. The number of nitrogens with zero attached hydrogens (tertiary/aromatic N) is 4. The molecule has 0 saturated heterocycles. The van der Waals surface area contributed by atoms with Crippen LogP contribution < -0.4 is 4.74 Å². The first kappa shape index (κ1) is 17.8. The van der Waals surface area contributed by atoms with Crippen molar-refractivity contribution in [3.05, 3.63) is 35.7 Å². The summed E-state index contributed by atoms with van der Waals surface area (Å²) in [5.74, 6) is 1.41. The van der Waals surface area contributed by atoms with Crippen LogP contribution in [-0.4, -0.2) is 47.5 Å². The Morgan fingerprint density at radius 2 is 2.12 bits per heavy atom. The fourth-order valence-corrected chi connectivity index (χ4v) is 2.58. The van der Waals surface area contributed by atoms with E-state index in [1.807, 2.05) is 30.3 Å². The summed E-state index contributed by atoms with van der Waals surface area (Å²) in [6, 6.07) is 9.62. The molecule has 0 radical (unpaired) electrons. The van der Waals surface area contributed by atoms with Crippen molar-refractivity contribution in [3.63, 3.8) is 0 Å². The number of aromatic nitrogens is 2. The predicted molar refractivity (Wildman–Crippen MR) is 88.7 cm³/mol. The van der Waals surface area contributed by atoms with Crippen molar-refractivity contribution in [2.24, 2.45) is 0 Å². The lowest BCUT2D eigenvalue weighted by atomic mass is 10.1. The van der Waals surface area contributed by atoms with Gasteiger partial charge in [-0.3, -0.25) is 4.79 Å². The number of hydrogen-bond acceptors (Lipinski definition) is 7. The van der Waals surface area contributed by atoms with Gasteiger partial charge in [0.1, 0.15) is 5.75 Å². The summed E-state index contributed by atoms with van der Waals surface area (Å²) < 4.78 is 10.7. The Bertz CT molecular complexity index is 709. The van der Waals surface area contributed by atoms with Gasteiger partial charge in [0.2, 0.25) is 11.8 Å². The second-order valence-electron chi connectivity index (χ2n) is 5.00. The van der Waals surface area contributed by atoms with E-state index in [9.17, 15) is 4.79 Å². The van der Waals surface area contributed by atoms with E-state index in [2.05, 4.69) is 10.2 Å². The maximum absolute atomic E-state index is 11.9. The van der Waals surface area contributed by atoms with Crippen LogP contribution in [0.1, 0.15) is 17.9 Å². The van der Waals surface area contributed by atoms with Gasteiger partial charge < -0.3 is 14.1 Å². The van der Waals surface area contributed by atoms with Crippen molar-refractivity contribution < 1.29 is 13.9 Å². The van der Waals surface area contributed by atoms with E-state index in [1.165, 1.54) is 16.7 Å². The third kappa shape index (κ3) is 5.28. The van der Waals surface area contributed by atoms with Crippen LogP contribution in [0, 0.1) is 11.3 Å². The van der Waals surface area contributed by atoms with E-state index in [0.717, 1.165) is 11.3 Å². The number of thioether (sulfide) groups is 1. The van der Waals surface area contributed by atoms with Gasteiger partial charge in [-0.25, -0.2) is 0 Å². The number of benzene rings is 1. The lowest BCUT2D eigenvalue weighted by Crippen LogP contribution is -2.29. The molecule has 1 amide bonds. The first-order chi connectivity index (χ1) is 11.6. The minimum absolute atomic E-state index is 0.0786. The van der Waals surface area contributed by atoms with Gasteiger partial charge in [-0.05, 0) is 17.7 Å². The van der Waals surface area contributed by atoms with Gasteiger partial charge in [0.05, 0.1) is 31.8 Å². The number of nitriles is 1. The third-order valence-electron chi connectivity index (χ3n) is 3.27. The van der Waals surface area contributed by atoms with Crippen molar-refractivity contribution in [1.29, 1.82) is 5.26 Å². The zero-order valence-electron chi connectivity index (χ0n) is 13.6. The van der Waals surface area contributed by atoms with E-state index >= 15 is 0 Å². The monoisotopic (exact) mass is 346 g/mol. The number of rotatable bonds is 8. The molecule has 24 heavy (non-hydrogen) atoms. The third-order valence-corrected chi connectivity index (χ3v) is 4.07. The fourth-order valence-electron chi connectivity index (χ4n) is 1.86. The molecule has 0 bridgehead atoms. The van der Waals surface area contributed by atoms with Gasteiger partial charge >= 0.3 is 0 Å². The summed E-state index contributed by atoms with van der Waals surface area (Å²) in [5, 5.41) is 16.8. The Morgan fingerprint density at radius 3 is 2.79 bits per heavy atom. The van der Waals surface area contributed by atoms with Crippen molar-refractivity contribution in [2.75, 3.05) is 26.5 Å². The average Bonchev–Trinajstić information content (AvgIpc) is 3.05. The molecule has 0 spiro atoms. The van der Waals surface area contributed by atoms with E-state index in [1.54, 1.807) is 14.2 Å². The highest BCUT2D eigenvalue weighted by Crippen LogP contribution is 2.19. The van der Waals surface area contributed by atoms with Crippen LogP contribution in [0.25, 0.3) is 0 Å². The number of carbonyl (C=O) groups is 1. The molecule has 0 N–H and O–H groups in total. The van der Waals surface area contributed by atoms with Crippen molar-refractivity contribution in [3.8, 4) is 11.8 Å². The van der Waals surface area contributed by atoms with Crippen LogP contribution in [0.2, 0.25) is 0 Å². The Kier molecular flexibility index (Phi) is 6.63. The van der Waals surface area contributed by atoms with Crippen LogP contribution in [0.5, 0.6) is 5.75 Å². The topological polar surface area (TPSA) is 92.3 Å². The van der Waals surface area contributed by atoms with Crippen LogP contribution >= 0.6 is 11.8 Å². The molecule has 2 rings (SSSR count). The molecule has 0 aliphatic rings. The highest BCUT2D eigenvalue weighted by Gasteiger charge is 2.13. The summed E-state index contributed by atoms with van der Waals surface area (Å²) in [4.78, 5) is 13.4.